The van der Waals surface area contributed by atoms with Gasteiger partial charge in [-0.1, -0.05) is 33.6 Å². The first-order valence-corrected chi connectivity index (χ1v) is 6.58. The van der Waals surface area contributed by atoms with Crippen LogP contribution in [0, 0.1) is 0 Å². The number of carbonyl (C=O) groups is 1. The maximum Gasteiger partial charge on any atom is 0.373 e. The average molecular weight is 345 g/mol. The number of methoxy groups -OCH3 is 1. The van der Waals surface area contributed by atoms with Crippen LogP contribution in [0.2, 0.25) is 5.02 Å². The summed E-state index contributed by atoms with van der Waals surface area (Å²) in [5.74, 6) is 0.0649. The molecule has 4 nitrogen and oxygen atoms in total. The van der Waals surface area contributed by atoms with Crippen molar-refractivity contribution in [1.82, 2.24) is 0 Å². The van der Waals surface area contributed by atoms with Gasteiger partial charge in [0.05, 0.1) is 13.2 Å². The van der Waals surface area contributed by atoms with Gasteiger partial charge >= 0.3 is 5.97 Å². The molecule has 1 unspecified atom stereocenters. The molecule has 0 saturated heterocycles. The Labute approximate surface area is 123 Å². The van der Waals surface area contributed by atoms with Crippen LogP contribution in [-0.4, -0.2) is 13.1 Å². The molecule has 6 heteroatoms. The number of ether oxygens (including phenoxy) is 1. The molecule has 0 bridgehead atoms. The monoisotopic (exact) mass is 343 g/mol. The van der Waals surface area contributed by atoms with E-state index in [1.165, 1.54) is 13.2 Å². The van der Waals surface area contributed by atoms with Gasteiger partial charge < -0.3 is 14.9 Å². The van der Waals surface area contributed by atoms with E-state index in [9.17, 15) is 4.79 Å². The molecule has 2 N–H and O–H groups in total. The van der Waals surface area contributed by atoms with Crippen molar-refractivity contribution in [1.29, 1.82) is 0 Å². The molecular formula is C13H11BrClNO3. The van der Waals surface area contributed by atoms with Crippen LogP contribution >= 0.6 is 27.5 Å². The molecule has 0 fully saturated rings. The van der Waals surface area contributed by atoms with E-state index in [-0.39, 0.29) is 5.76 Å². The van der Waals surface area contributed by atoms with E-state index in [0.29, 0.717) is 10.8 Å². The highest BCUT2D eigenvalue weighted by molar-refractivity contribution is 9.10. The van der Waals surface area contributed by atoms with Crippen molar-refractivity contribution in [2.75, 3.05) is 7.11 Å². The van der Waals surface area contributed by atoms with Gasteiger partial charge in [0.25, 0.3) is 0 Å². The number of furan rings is 1. The van der Waals surface area contributed by atoms with Gasteiger partial charge in [-0.3, -0.25) is 0 Å². The van der Waals surface area contributed by atoms with Gasteiger partial charge in [-0.15, -0.1) is 0 Å². The molecule has 1 aromatic heterocycles. The zero-order valence-corrected chi connectivity index (χ0v) is 12.4. The van der Waals surface area contributed by atoms with Gasteiger partial charge in [-0.25, -0.2) is 4.79 Å². The first-order chi connectivity index (χ1) is 9.02. The molecule has 0 aliphatic heterocycles. The third-order valence-corrected chi connectivity index (χ3v) is 3.54. The summed E-state index contributed by atoms with van der Waals surface area (Å²) in [6, 6.07) is 7.98. The highest BCUT2D eigenvalue weighted by Crippen LogP contribution is 2.30. The fraction of sp³-hybridized carbons (Fsp3) is 0.154. The average Bonchev–Trinajstić information content (AvgIpc) is 2.86. The zero-order valence-electron chi connectivity index (χ0n) is 10.0. The molecule has 0 amide bonds. The Morgan fingerprint density at radius 1 is 1.42 bits per heavy atom. The number of hydrogen-bond donors (Lipinski definition) is 1. The summed E-state index contributed by atoms with van der Waals surface area (Å²) in [5.41, 5.74) is 6.92. The molecule has 1 aromatic carbocycles. The zero-order chi connectivity index (χ0) is 14.0. The van der Waals surface area contributed by atoms with E-state index in [2.05, 4.69) is 20.7 Å². The number of hydrogen-bond acceptors (Lipinski definition) is 4. The molecule has 1 heterocycles. The van der Waals surface area contributed by atoms with Crippen molar-refractivity contribution < 1.29 is 13.9 Å². The highest BCUT2D eigenvalue weighted by Gasteiger charge is 2.18. The fourth-order valence-corrected chi connectivity index (χ4v) is 2.57. The molecule has 1 atom stereocenters. The third kappa shape index (κ3) is 3.00. The first-order valence-electron chi connectivity index (χ1n) is 5.41. The second kappa shape index (κ2) is 5.77. The number of esters is 1. The van der Waals surface area contributed by atoms with Crippen LogP contribution in [0.3, 0.4) is 0 Å². The van der Waals surface area contributed by atoms with Gasteiger partial charge in [0.15, 0.2) is 0 Å². The molecule has 0 aliphatic carbocycles. The quantitative estimate of drug-likeness (QED) is 0.865. The van der Waals surface area contributed by atoms with Crippen molar-refractivity contribution in [3.63, 3.8) is 0 Å². The molecule has 2 aromatic rings. The van der Waals surface area contributed by atoms with E-state index >= 15 is 0 Å². The highest BCUT2D eigenvalue weighted by atomic mass is 79.9. The molecule has 0 radical (unpaired) electrons. The predicted octanol–water partition coefficient (Wildman–Crippen LogP) is 3.53. The summed E-state index contributed by atoms with van der Waals surface area (Å²) >= 11 is 9.27. The molecule has 19 heavy (non-hydrogen) atoms. The molecular weight excluding hydrogens is 334 g/mol. The van der Waals surface area contributed by atoms with Crippen LogP contribution in [0.1, 0.15) is 27.9 Å². The Kier molecular flexibility index (Phi) is 4.29. The molecule has 0 aliphatic rings. The minimum atomic E-state index is -0.534. The van der Waals surface area contributed by atoms with Gasteiger partial charge in [0.1, 0.15) is 5.76 Å². The minimum absolute atomic E-state index is 0.123. The molecule has 0 saturated carbocycles. The second-order valence-corrected chi connectivity index (χ2v) is 5.13. The van der Waals surface area contributed by atoms with Crippen LogP contribution in [0.5, 0.6) is 0 Å². The number of halogens is 2. The number of carbonyl (C=O) groups excluding carboxylic acids is 1. The van der Waals surface area contributed by atoms with Crippen LogP contribution in [0.25, 0.3) is 0 Å². The maximum absolute atomic E-state index is 11.3. The topological polar surface area (TPSA) is 65.5 Å². The Bertz CT molecular complexity index is 612. The van der Waals surface area contributed by atoms with Gasteiger partial charge in [0.2, 0.25) is 5.76 Å². The van der Waals surface area contributed by atoms with E-state index in [1.54, 1.807) is 24.3 Å². The largest absolute Gasteiger partial charge is 0.463 e. The lowest BCUT2D eigenvalue weighted by atomic mass is 10.1. The summed E-state index contributed by atoms with van der Waals surface area (Å²) in [6.45, 7) is 0. The summed E-state index contributed by atoms with van der Waals surface area (Å²) in [5, 5.41) is 0.609. The number of nitrogens with two attached hydrogens (primary N) is 1. The fourth-order valence-electron chi connectivity index (χ4n) is 1.64. The lowest BCUT2D eigenvalue weighted by Gasteiger charge is -2.11. The van der Waals surface area contributed by atoms with Crippen LogP contribution < -0.4 is 5.73 Å². The smallest absolute Gasteiger partial charge is 0.373 e. The van der Waals surface area contributed by atoms with Crippen molar-refractivity contribution in [2.24, 2.45) is 5.73 Å². The van der Waals surface area contributed by atoms with Gasteiger partial charge in [0, 0.05) is 9.50 Å². The van der Waals surface area contributed by atoms with E-state index in [4.69, 9.17) is 21.8 Å². The van der Waals surface area contributed by atoms with E-state index < -0.39 is 12.0 Å². The summed E-state index contributed by atoms with van der Waals surface area (Å²) in [7, 11) is 1.29. The molecule has 0 spiro atoms. The van der Waals surface area contributed by atoms with Crippen molar-refractivity contribution in [3.8, 4) is 0 Å². The van der Waals surface area contributed by atoms with Crippen LogP contribution in [0.15, 0.2) is 39.2 Å². The normalized spacial score (nSPS) is 12.2. The minimum Gasteiger partial charge on any atom is -0.463 e. The number of benzene rings is 1. The molecule has 2 rings (SSSR count). The number of rotatable bonds is 3. The summed E-state index contributed by atoms with van der Waals surface area (Å²) in [6.07, 6.45) is 0. The maximum atomic E-state index is 11.3. The van der Waals surface area contributed by atoms with Crippen LogP contribution in [-0.2, 0) is 4.74 Å². The van der Waals surface area contributed by atoms with Crippen molar-refractivity contribution in [3.05, 3.63) is 56.9 Å². The van der Waals surface area contributed by atoms with Crippen molar-refractivity contribution in [2.45, 2.75) is 6.04 Å². The first kappa shape index (κ1) is 14.1. The molecule has 100 valence electrons. The standard InChI is InChI=1S/C13H11BrClNO3/c1-18-13(17)11-5-4-10(19-11)12(16)8-3-2-7(15)6-9(8)14/h2-6,12H,16H2,1H3. The Morgan fingerprint density at radius 2 is 2.16 bits per heavy atom. The predicted molar refractivity (Wildman–Crippen MR) is 75.2 cm³/mol. The van der Waals surface area contributed by atoms with Crippen molar-refractivity contribution >= 4 is 33.5 Å². The lowest BCUT2D eigenvalue weighted by Crippen LogP contribution is -2.11. The SMILES string of the molecule is COC(=O)c1ccc(C(N)c2ccc(Cl)cc2Br)o1. The Balaban J connectivity index is 2.31. The Hall–Kier alpha value is -1.30. The summed E-state index contributed by atoms with van der Waals surface area (Å²) in [4.78, 5) is 11.3. The van der Waals surface area contributed by atoms with Gasteiger partial charge in [-0.2, -0.15) is 0 Å². The van der Waals surface area contributed by atoms with E-state index in [1.807, 2.05) is 0 Å². The van der Waals surface area contributed by atoms with Crippen LogP contribution in [0.4, 0.5) is 0 Å². The van der Waals surface area contributed by atoms with Gasteiger partial charge in [-0.05, 0) is 29.8 Å². The lowest BCUT2D eigenvalue weighted by molar-refractivity contribution is 0.0562. The van der Waals surface area contributed by atoms with E-state index in [0.717, 1.165) is 10.0 Å². The Morgan fingerprint density at radius 3 is 2.79 bits per heavy atom. The summed E-state index contributed by atoms with van der Waals surface area (Å²) < 4.78 is 10.7. The second-order valence-electron chi connectivity index (χ2n) is 3.84. The third-order valence-electron chi connectivity index (χ3n) is 2.62.